The van der Waals surface area contributed by atoms with Crippen molar-refractivity contribution in [3.63, 3.8) is 0 Å². The van der Waals surface area contributed by atoms with Crippen molar-refractivity contribution >= 4 is 11.8 Å². The van der Waals surface area contributed by atoms with E-state index in [-0.39, 0.29) is 11.8 Å². The summed E-state index contributed by atoms with van der Waals surface area (Å²) in [5.41, 5.74) is 1.17. The van der Waals surface area contributed by atoms with Gasteiger partial charge in [-0.05, 0) is 35.9 Å². The Morgan fingerprint density at radius 3 is 2.00 bits per heavy atom. The van der Waals surface area contributed by atoms with Crippen molar-refractivity contribution < 1.29 is 23.9 Å². The van der Waals surface area contributed by atoms with Gasteiger partial charge in [-0.25, -0.2) is 9.90 Å². The predicted molar refractivity (Wildman–Crippen MR) is 127 cm³/mol. The highest BCUT2D eigenvalue weighted by Gasteiger charge is 2.72. The fraction of sp³-hybridized carbons (Fsp3) is 0.214. The summed E-state index contributed by atoms with van der Waals surface area (Å²) in [5, 5.41) is 4.40. The van der Waals surface area contributed by atoms with Crippen molar-refractivity contribution in [3.8, 4) is 0 Å². The maximum atomic E-state index is 13.6. The topological polar surface area (TPSA) is 77.1 Å². The molecule has 2 aliphatic heterocycles. The lowest BCUT2D eigenvalue weighted by atomic mass is 9.76. The minimum Gasteiger partial charge on any atom is -0.343 e. The summed E-state index contributed by atoms with van der Waals surface area (Å²) in [4.78, 5) is 33.2. The molecule has 2 fully saturated rings. The first-order valence-corrected chi connectivity index (χ1v) is 11.6. The van der Waals surface area contributed by atoms with Crippen molar-refractivity contribution in [1.82, 2.24) is 10.4 Å². The van der Waals surface area contributed by atoms with Crippen molar-refractivity contribution in [1.29, 1.82) is 0 Å². The highest BCUT2D eigenvalue weighted by Crippen LogP contribution is 2.57. The number of carbonyl (C=O) groups is 2. The average Bonchev–Trinajstić information content (AvgIpc) is 3.45. The minimum absolute atomic E-state index is 0.232. The van der Waals surface area contributed by atoms with Gasteiger partial charge in [-0.2, -0.15) is 0 Å². The van der Waals surface area contributed by atoms with Crippen LogP contribution < -0.4 is 5.32 Å². The lowest BCUT2D eigenvalue weighted by molar-refractivity contribution is -0.242. The Kier molecular flexibility index (Phi) is 5.25. The highest BCUT2D eigenvalue weighted by molar-refractivity contribution is 5.96. The fourth-order valence-corrected chi connectivity index (χ4v) is 5.18. The van der Waals surface area contributed by atoms with Crippen LogP contribution in [0.25, 0.3) is 0 Å². The van der Waals surface area contributed by atoms with Crippen LogP contribution in [-0.2, 0) is 19.9 Å². The number of benzene rings is 3. The molecule has 2 heterocycles. The van der Waals surface area contributed by atoms with E-state index in [0.29, 0.717) is 36.5 Å². The van der Waals surface area contributed by atoms with Crippen LogP contribution in [0.3, 0.4) is 0 Å². The Balaban J connectivity index is 1.45. The van der Waals surface area contributed by atoms with Gasteiger partial charge in [-0.15, -0.1) is 0 Å². The smallest absolute Gasteiger partial charge is 0.277 e. The van der Waals surface area contributed by atoms with Gasteiger partial charge in [0.25, 0.3) is 11.8 Å². The van der Waals surface area contributed by atoms with E-state index >= 15 is 0 Å². The molecule has 2 amide bonds. The lowest BCUT2D eigenvalue weighted by Crippen LogP contribution is -2.58. The van der Waals surface area contributed by atoms with Gasteiger partial charge in [-0.1, -0.05) is 66.7 Å². The van der Waals surface area contributed by atoms with Gasteiger partial charge in [0.2, 0.25) is 5.79 Å². The first kappa shape index (κ1) is 21.7. The third kappa shape index (κ3) is 3.39. The maximum absolute atomic E-state index is 13.6. The molecule has 7 nitrogen and oxygen atoms in total. The third-order valence-electron chi connectivity index (χ3n) is 6.72. The Morgan fingerprint density at radius 1 is 0.800 bits per heavy atom. The SMILES string of the molecule is O=C(NC1=CC2(c3ccccc3)ON(C(=O)c3ccccc3)C(C1)C21OCCO1)c1ccccc1. The van der Waals surface area contributed by atoms with E-state index in [2.05, 4.69) is 5.32 Å². The second-order valence-electron chi connectivity index (χ2n) is 8.76. The fourth-order valence-electron chi connectivity index (χ4n) is 5.18. The summed E-state index contributed by atoms with van der Waals surface area (Å²) in [6, 6.07) is 26.9. The quantitative estimate of drug-likeness (QED) is 0.630. The van der Waals surface area contributed by atoms with E-state index in [4.69, 9.17) is 14.3 Å². The van der Waals surface area contributed by atoms with E-state index in [0.717, 1.165) is 5.56 Å². The molecular weight excluding hydrogens is 444 g/mol. The maximum Gasteiger partial charge on any atom is 0.277 e. The van der Waals surface area contributed by atoms with Crippen molar-refractivity contribution in [2.24, 2.45) is 0 Å². The van der Waals surface area contributed by atoms with Crippen LogP contribution in [0.4, 0.5) is 0 Å². The number of hydrogen-bond acceptors (Lipinski definition) is 5. The number of amides is 2. The van der Waals surface area contributed by atoms with Gasteiger partial charge in [0.05, 0.1) is 13.2 Å². The van der Waals surface area contributed by atoms with Gasteiger partial charge in [0.15, 0.2) is 5.60 Å². The van der Waals surface area contributed by atoms with E-state index in [1.54, 1.807) is 24.3 Å². The summed E-state index contributed by atoms with van der Waals surface area (Å²) in [7, 11) is 0. The van der Waals surface area contributed by atoms with E-state index in [1.807, 2.05) is 72.8 Å². The van der Waals surface area contributed by atoms with Crippen molar-refractivity contribution in [2.45, 2.75) is 23.9 Å². The molecule has 2 saturated heterocycles. The molecule has 3 aromatic carbocycles. The second-order valence-corrected chi connectivity index (χ2v) is 8.76. The van der Waals surface area contributed by atoms with E-state index in [9.17, 15) is 9.59 Å². The van der Waals surface area contributed by atoms with Crippen LogP contribution in [0, 0.1) is 0 Å². The summed E-state index contributed by atoms with van der Waals surface area (Å²) >= 11 is 0. The molecule has 2 atom stereocenters. The zero-order chi connectivity index (χ0) is 23.9. The Hall–Kier alpha value is -3.78. The molecular formula is C28H24N2O5. The molecule has 0 aromatic heterocycles. The molecule has 176 valence electrons. The monoisotopic (exact) mass is 468 g/mol. The normalized spacial score (nSPS) is 24.3. The Labute approximate surface area is 202 Å². The molecule has 7 heteroatoms. The van der Waals surface area contributed by atoms with Crippen molar-refractivity contribution in [3.05, 3.63) is 119 Å². The molecule has 6 rings (SSSR count). The molecule has 1 N–H and O–H groups in total. The van der Waals surface area contributed by atoms with Gasteiger partial charge < -0.3 is 14.8 Å². The first-order chi connectivity index (χ1) is 17.1. The number of carbonyl (C=O) groups excluding carboxylic acids is 2. The second kappa shape index (κ2) is 8.46. The highest BCUT2D eigenvalue weighted by atomic mass is 16.8. The molecule has 1 spiro atoms. The molecule has 0 saturated carbocycles. The van der Waals surface area contributed by atoms with Gasteiger partial charge in [-0.3, -0.25) is 9.59 Å². The Bertz CT molecular complexity index is 1270. The lowest BCUT2D eigenvalue weighted by Gasteiger charge is -2.42. The van der Waals surface area contributed by atoms with Gasteiger partial charge in [0, 0.05) is 23.2 Å². The summed E-state index contributed by atoms with van der Waals surface area (Å²) < 4.78 is 12.6. The molecule has 2 unspecified atom stereocenters. The van der Waals surface area contributed by atoms with Crippen LogP contribution in [-0.4, -0.2) is 41.9 Å². The van der Waals surface area contributed by atoms with E-state index in [1.165, 1.54) is 5.06 Å². The van der Waals surface area contributed by atoms with Gasteiger partial charge in [0.1, 0.15) is 6.04 Å². The number of rotatable bonds is 4. The molecule has 3 aliphatic rings. The zero-order valence-corrected chi connectivity index (χ0v) is 18.9. The van der Waals surface area contributed by atoms with E-state index < -0.39 is 17.4 Å². The van der Waals surface area contributed by atoms with Crippen LogP contribution in [0.5, 0.6) is 0 Å². The molecule has 35 heavy (non-hydrogen) atoms. The van der Waals surface area contributed by atoms with Crippen molar-refractivity contribution in [2.75, 3.05) is 13.2 Å². The summed E-state index contributed by atoms with van der Waals surface area (Å²) in [6.45, 7) is 0.753. The minimum atomic E-state index is -1.27. The first-order valence-electron chi connectivity index (χ1n) is 11.6. The third-order valence-corrected chi connectivity index (χ3v) is 6.72. The van der Waals surface area contributed by atoms with Crippen LogP contribution in [0.15, 0.2) is 103 Å². The summed E-state index contributed by atoms with van der Waals surface area (Å²) in [6.07, 6.45) is 2.13. The summed E-state index contributed by atoms with van der Waals surface area (Å²) in [5.74, 6) is -1.76. The zero-order valence-electron chi connectivity index (χ0n) is 18.9. The van der Waals surface area contributed by atoms with Gasteiger partial charge >= 0.3 is 0 Å². The number of ether oxygens (including phenoxy) is 2. The number of hydroxylamine groups is 2. The standard InChI is InChI=1S/C28H24N2O5/c31-25(20-10-4-1-5-11-20)29-23-18-24-28(33-16-17-34-28)27(19-23,22-14-8-3-9-15-22)35-30(24)26(32)21-12-6-2-7-13-21/h1-15,19,24H,16-18H2,(H,29,31). The Morgan fingerprint density at radius 2 is 1.37 bits per heavy atom. The van der Waals surface area contributed by atoms with Crippen LogP contribution >= 0.6 is 0 Å². The predicted octanol–water partition coefficient (Wildman–Crippen LogP) is 3.80. The number of hydrogen-bond donors (Lipinski definition) is 1. The van der Waals surface area contributed by atoms with Crippen LogP contribution in [0.2, 0.25) is 0 Å². The van der Waals surface area contributed by atoms with Crippen LogP contribution in [0.1, 0.15) is 32.7 Å². The molecule has 1 aliphatic carbocycles. The average molecular weight is 469 g/mol. The number of nitrogens with one attached hydrogen (secondary N) is 1. The number of nitrogens with zero attached hydrogens (tertiary/aromatic N) is 1. The largest absolute Gasteiger partial charge is 0.343 e. The molecule has 0 radical (unpaired) electrons. The molecule has 2 bridgehead atoms. The molecule has 3 aromatic rings.